The van der Waals surface area contributed by atoms with Crippen LogP contribution in [0, 0.1) is 0 Å². The molecule has 1 heterocycles. The third-order valence-corrected chi connectivity index (χ3v) is 4.84. The van der Waals surface area contributed by atoms with Crippen molar-refractivity contribution in [1.82, 2.24) is 0 Å². The van der Waals surface area contributed by atoms with Gasteiger partial charge in [-0.2, -0.15) is 0 Å². The molecule has 3 nitrogen and oxygen atoms in total. The summed E-state index contributed by atoms with van der Waals surface area (Å²) in [6.45, 7) is 1.05. The largest absolute Gasteiger partial charge is 0.486 e. The first-order chi connectivity index (χ1) is 10.1. The first-order valence-electron chi connectivity index (χ1n) is 6.36. The van der Waals surface area contributed by atoms with Gasteiger partial charge in [-0.3, -0.25) is 0 Å². The second-order valence-corrected chi connectivity index (χ2v) is 6.34. The maximum absolute atomic E-state index is 6.32. The molecule has 1 aliphatic rings. The molecule has 1 aliphatic heterocycles. The zero-order valence-electron chi connectivity index (χ0n) is 10.9. The van der Waals surface area contributed by atoms with Crippen LogP contribution in [0.2, 0.25) is 10.0 Å². The van der Waals surface area contributed by atoms with E-state index in [4.69, 9.17) is 38.4 Å². The Bertz CT molecular complexity index is 694. The van der Waals surface area contributed by atoms with Gasteiger partial charge in [-0.15, -0.1) is 0 Å². The first kappa shape index (κ1) is 15.0. The SMILES string of the molecule is NC(c1ccc(Cl)c(Br)c1)c1cc2c(cc1Cl)OCCO2. The van der Waals surface area contributed by atoms with Gasteiger partial charge in [0.15, 0.2) is 11.5 Å². The van der Waals surface area contributed by atoms with Crippen LogP contribution in [0.25, 0.3) is 0 Å². The Morgan fingerprint density at radius 1 is 1.00 bits per heavy atom. The first-order valence-corrected chi connectivity index (χ1v) is 7.90. The van der Waals surface area contributed by atoms with Gasteiger partial charge in [0.25, 0.3) is 0 Å². The third kappa shape index (κ3) is 2.99. The normalized spacial score (nSPS) is 14.9. The maximum Gasteiger partial charge on any atom is 0.162 e. The van der Waals surface area contributed by atoms with Crippen molar-refractivity contribution in [2.75, 3.05) is 13.2 Å². The summed E-state index contributed by atoms with van der Waals surface area (Å²) >= 11 is 15.7. The van der Waals surface area contributed by atoms with Gasteiger partial charge in [0.05, 0.1) is 11.1 Å². The summed E-state index contributed by atoms with van der Waals surface area (Å²) in [6.07, 6.45) is 0. The Balaban J connectivity index is 2.00. The van der Waals surface area contributed by atoms with Gasteiger partial charge in [-0.1, -0.05) is 29.3 Å². The second-order valence-electron chi connectivity index (χ2n) is 4.67. The molecular weight excluding hydrogens is 377 g/mol. The van der Waals surface area contributed by atoms with Crippen molar-refractivity contribution in [3.8, 4) is 11.5 Å². The van der Waals surface area contributed by atoms with Crippen LogP contribution in [0.15, 0.2) is 34.8 Å². The van der Waals surface area contributed by atoms with Gasteiger partial charge in [-0.25, -0.2) is 0 Å². The Labute approximate surface area is 141 Å². The van der Waals surface area contributed by atoms with Crippen LogP contribution >= 0.6 is 39.1 Å². The predicted molar refractivity (Wildman–Crippen MR) is 87.6 cm³/mol. The van der Waals surface area contributed by atoms with Gasteiger partial charge in [0.2, 0.25) is 0 Å². The molecule has 0 saturated heterocycles. The zero-order chi connectivity index (χ0) is 15.0. The number of hydrogen-bond acceptors (Lipinski definition) is 3. The zero-order valence-corrected chi connectivity index (χ0v) is 14.0. The summed E-state index contributed by atoms with van der Waals surface area (Å²) in [5, 5.41) is 1.19. The molecule has 2 aromatic carbocycles. The third-order valence-electron chi connectivity index (χ3n) is 3.30. The lowest BCUT2D eigenvalue weighted by molar-refractivity contribution is 0.171. The number of fused-ring (bicyclic) bond motifs is 1. The Hall–Kier alpha value is -0.940. The highest BCUT2D eigenvalue weighted by atomic mass is 79.9. The molecule has 6 heteroatoms. The molecule has 0 radical (unpaired) electrons. The lowest BCUT2D eigenvalue weighted by Gasteiger charge is -2.22. The van der Waals surface area contributed by atoms with E-state index in [-0.39, 0.29) is 6.04 Å². The summed E-state index contributed by atoms with van der Waals surface area (Å²) in [5.41, 5.74) is 8.02. The van der Waals surface area contributed by atoms with Crippen LogP contribution in [0.5, 0.6) is 11.5 Å². The summed E-state index contributed by atoms with van der Waals surface area (Å²) < 4.78 is 11.9. The average molecular weight is 389 g/mol. The van der Waals surface area contributed by atoms with Gasteiger partial charge in [0.1, 0.15) is 13.2 Å². The Morgan fingerprint density at radius 2 is 1.67 bits per heavy atom. The minimum absolute atomic E-state index is 0.373. The molecule has 2 aromatic rings. The van der Waals surface area contributed by atoms with Crippen molar-refractivity contribution in [1.29, 1.82) is 0 Å². The van der Waals surface area contributed by atoms with Gasteiger partial charge < -0.3 is 15.2 Å². The summed E-state index contributed by atoms with van der Waals surface area (Å²) in [4.78, 5) is 0. The number of rotatable bonds is 2. The molecule has 3 rings (SSSR count). The molecule has 0 spiro atoms. The maximum atomic E-state index is 6.32. The van der Waals surface area contributed by atoms with E-state index in [1.165, 1.54) is 0 Å². The van der Waals surface area contributed by atoms with Crippen molar-refractivity contribution in [3.05, 3.63) is 56.0 Å². The van der Waals surface area contributed by atoms with Crippen LogP contribution in [0.3, 0.4) is 0 Å². The fourth-order valence-electron chi connectivity index (χ4n) is 2.20. The number of benzene rings is 2. The Kier molecular flexibility index (Phi) is 4.31. The topological polar surface area (TPSA) is 44.5 Å². The fourth-order valence-corrected chi connectivity index (χ4v) is 2.99. The molecule has 2 N–H and O–H groups in total. The monoisotopic (exact) mass is 387 g/mol. The number of hydrogen-bond donors (Lipinski definition) is 1. The van der Waals surface area contributed by atoms with Gasteiger partial charge in [-0.05, 0) is 45.3 Å². The van der Waals surface area contributed by atoms with Crippen molar-refractivity contribution in [2.24, 2.45) is 5.73 Å². The second kappa shape index (κ2) is 6.05. The van der Waals surface area contributed by atoms with Crippen molar-refractivity contribution >= 4 is 39.1 Å². The van der Waals surface area contributed by atoms with Crippen molar-refractivity contribution in [2.45, 2.75) is 6.04 Å². The van der Waals surface area contributed by atoms with Gasteiger partial charge in [0, 0.05) is 15.6 Å². The van der Waals surface area contributed by atoms with E-state index < -0.39 is 0 Å². The minimum Gasteiger partial charge on any atom is -0.486 e. The van der Waals surface area contributed by atoms with Crippen molar-refractivity contribution < 1.29 is 9.47 Å². The van der Waals surface area contributed by atoms with Gasteiger partial charge >= 0.3 is 0 Å². The van der Waals surface area contributed by atoms with Crippen molar-refractivity contribution in [3.63, 3.8) is 0 Å². The quantitative estimate of drug-likeness (QED) is 0.819. The molecule has 0 bridgehead atoms. The molecular formula is C15H12BrCl2NO2. The summed E-state index contributed by atoms with van der Waals surface area (Å²) in [6, 6.07) is 8.78. The molecule has 0 aromatic heterocycles. The molecule has 0 saturated carbocycles. The van der Waals surface area contributed by atoms with Crippen LogP contribution in [0.4, 0.5) is 0 Å². The number of halogens is 3. The smallest absolute Gasteiger partial charge is 0.162 e. The van der Waals surface area contributed by atoms with E-state index in [0.717, 1.165) is 15.6 Å². The van der Waals surface area contributed by atoms with E-state index >= 15 is 0 Å². The van der Waals surface area contributed by atoms with E-state index in [0.29, 0.717) is 34.8 Å². The summed E-state index contributed by atoms with van der Waals surface area (Å²) in [7, 11) is 0. The molecule has 21 heavy (non-hydrogen) atoms. The number of nitrogens with two attached hydrogens (primary N) is 1. The highest BCUT2D eigenvalue weighted by molar-refractivity contribution is 9.10. The van der Waals surface area contributed by atoms with Crippen LogP contribution in [0.1, 0.15) is 17.2 Å². The van der Waals surface area contributed by atoms with Crippen LogP contribution < -0.4 is 15.2 Å². The fraction of sp³-hybridized carbons (Fsp3) is 0.200. The predicted octanol–water partition coefficient (Wildman–Crippen LogP) is 4.58. The molecule has 1 unspecified atom stereocenters. The average Bonchev–Trinajstić information content (AvgIpc) is 2.48. The van der Waals surface area contributed by atoms with Crippen LogP contribution in [-0.2, 0) is 0 Å². The highest BCUT2D eigenvalue weighted by Gasteiger charge is 2.20. The molecule has 110 valence electrons. The molecule has 1 atom stereocenters. The van der Waals surface area contributed by atoms with E-state index in [1.807, 2.05) is 18.2 Å². The minimum atomic E-state index is -0.373. The van der Waals surface area contributed by atoms with E-state index in [9.17, 15) is 0 Å². The van der Waals surface area contributed by atoms with Crippen LogP contribution in [-0.4, -0.2) is 13.2 Å². The summed E-state index contributed by atoms with van der Waals surface area (Å²) in [5.74, 6) is 1.32. The van der Waals surface area contributed by atoms with E-state index in [1.54, 1.807) is 12.1 Å². The number of ether oxygens (including phenoxy) is 2. The molecule has 0 aliphatic carbocycles. The van der Waals surface area contributed by atoms with E-state index in [2.05, 4.69) is 15.9 Å². The standard InChI is InChI=1S/C15H12BrCl2NO2/c16-10-5-8(1-2-11(10)17)15(19)9-6-13-14(7-12(9)18)21-4-3-20-13/h1-2,5-7,15H,3-4,19H2. The Morgan fingerprint density at radius 3 is 2.33 bits per heavy atom. The lowest BCUT2D eigenvalue weighted by Crippen LogP contribution is -2.17. The lowest BCUT2D eigenvalue weighted by atomic mass is 9.99. The molecule has 0 amide bonds. The highest BCUT2D eigenvalue weighted by Crippen LogP contribution is 2.39. The molecule has 0 fully saturated rings.